The van der Waals surface area contributed by atoms with Crippen LogP contribution in [0.25, 0.3) is 0 Å². The zero-order chi connectivity index (χ0) is 10.8. The first-order valence-corrected chi connectivity index (χ1v) is 7.02. The number of hydrogen-bond acceptors (Lipinski definition) is 3. The van der Waals surface area contributed by atoms with E-state index >= 15 is 0 Å². The molecular weight excluding hydrogens is 308 g/mol. The molecule has 2 heterocycles. The Balaban J connectivity index is 0.00000128. The maximum absolute atomic E-state index is 3.59. The average Bonchev–Trinajstić information content (AvgIpc) is 2.50. The van der Waals surface area contributed by atoms with Gasteiger partial charge in [-0.25, -0.2) is 0 Å². The lowest BCUT2D eigenvalue weighted by Gasteiger charge is -2.35. The maximum atomic E-state index is 3.59. The van der Waals surface area contributed by atoms with Crippen molar-refractivity contribution in [3.05, 3.63) is 20.8 Å². The van der Waals surface area contributed by atoms with Gasteiger partial charge in [0.05, 0.1) is 0 Å². The molecule has 1 saturated heterocycles. The van der Waals surface area contributed by atoms with Gasteiger partial charge in [-0.2, -0.15) is 0 Å². The molecule has 1 aliphatic heterocycles. The third kappa shape index (κ3) is 3.70. The van der Waals surface area contributed by atoms with Crippen molar-refractivity contribution in [2.45, 2.75) is 32.5 Å². The van der Waals surface area contributed by atoms with Crippen LogP contribution in [0.5, 0.6) is 0 Å². The molecule has 0 aliphatic carbocycles. The molecule has 1 fully saturated rings. The molecule has 2 nitrogen and oxygen atoms in total. The zero-order valence-electron chi connectivity index (χ0n) is 9.57. The van der Waals surface area contributed by atoms with Gasteiger partial charge in [-0.15, -0.1) is 23.7 Å². The van der Waals surface area contributed by atoms with Gasteiger partial charge in [0, 0.05) is 41.1 Å². The Morgan fingerprint density at radius 3 is 2.56 bits per heavy atom. The molecule has 2 unspecified atom stereocenters. The van der Waals surface area contributed by atoms with E-state index < -0.39 is 0 Å². The summed E-state index contributed by atoms with van der Waals surface area (Å²) in [7, 11) is 0. The Bertz CT molecular complexity index is 322. The Morgan fingerprint density at radius 2 is 2.06 bits per heavy atom. The number of thiophene rings is 1. The van der Waals surface area contributed by atoms with Gasteiger partial charge in [0.1, 0.15) is 0 Å². The summed E-state index contributed by atoms with van der Waals surface area (Å²) in [5, 5.41) is 5.70. The Morgan fingerprint density at radius 1 is 1.44 bits per heavy atom. The van der Waals surface area contributed by atoms with E-state index in [-0.39, 0.29) is 12.4 Å². The van der Waals surface area contributed by atoms with Crippen molar-refractivity contribution in [3.63, 3.8) is 0 Å². The minimum absolute atomic E-state index is 0. The smallest absolute Gasteiger partial charge is 0.0340 e. The quantitative estimate of drug-likeness (QED) is 0.899. The van der Waals surface area contributed by atoms with E-state index in [0.717, 1.165) is 19.6 Å². The summed E-state index contributed by atoms with van der Waals surface area (Å²) in [6.45, 7) is 7.89. The molecule has 5 heteroatoms. The summed E-state index contributed by atoms with van der Waals surface area (Å²) >= 11 is 5.43. The minimum Gasteiger partial charge on any atom is -0.309 e. The number of rotatable bonds is 2. The van der Waals surface area contributed by atoms with E-state index in [4.69, 9.17) is 0 Å². The van der Waals surface area contributed by atoms with Gasteiger partial charge >= 0.3 is 0 Å². The van der Waals surface area contributed by atoms with E-state index in [0.29, 0.717) is 12.1 Å². The molecule has 92 valence electrons. The van der Waals surface area contributed by atoms with Gasteiger partial charge in [0.25, 0.3) is 0 Å². The lowest BCUT2D eigenvalue weighted by Crippen LogP contribution is -2.53. The van der Waals surface area contributed by atoms with Crippen molar-refractivity contribution in [3.8, 4) is 0 Å². The molecule has 1 aliphatic rings. The SMILES string of the molecule is CC1CN(Cc2sccc2Br)CC(C)N1.Cl. The van der Waals surface area contributed by atoms with Gasteiger partial charge in [-0.05, 0) is 41.2 Å². The highest BCUT2D eigenvalue weighted by molar-refractivity contribution is 9.10. The second kappa shape index (κ2) is 6.36. The normalized spacial score (nSPS) is 26.4. The second-order valence-corrected chi connectivity index (χ2v) is 6.21. The summed E-state index contributed by atoms with van der Waals surface area (Å²) in [4.78, 5) is 3.97. The van der Waals surface area contributed by atoms with Crippen molar-refractivity contribution in [2.75, 3.05) is 13.1 Å². The largest absolute Gasteiger partial charge is 0.309 e. The summed E-state index contributed by atoms with van der Waals surface area (Å²) in [5.41, 5.74) is 0. The molecule has 16 heavy (non-hydrogen) atoms. The molecule has 1 N–H and O–H groups in total. The third-order valence-corrected chi connectivity index (χ3v) is 4.60. The first-order valence-electron chi connectivity index (χ1n) is 5.35. The molecule has 1 aromatic heterocycles. The standard InChI is InChI=1S/C11H17BrN2S.ClH/c1-8-5-14(6-9(2)13-8)7-11-10(12)3-4-15-11;/h3-4,8-9,13H,5-7H2,1-2H3;1H. The van der Waals surface area contributed by atoms with Crippen LogP contribution in [0.1, 0.15) is 18.7 Å². The number of nitrogens with zero attached hydrogens (tertiary/aromatic N) is 1. The van der Waals surface area contributed by atoms with Crippen molar-refractivity contribution >= 4 is 39.7 Å². The number of hydrogen-bond donors (Lipinski definition) is 1. The van der Waals surface area contributed by atoms with Crippen LogP contribution in [0.15, 0.2) is 15.9 Å². The monoisotopic (exact) mass is 324 g/mol. The predicted molar refractivity (Wildman–Crippen MR) is 76.6 cm³/mol. The number of piperazine rings is 1. The van der Waals surface area contributed by atoms with Crippen LogP contribution >= 0.6 is 39.7 Å². The highest BCUT2D eigenvalue weighted by Crippen LogP contribution is 2.24. The summed E-state index contributed by atoms with van der Waals surface area (Å²) in [6, 6.07) is 3.34. The molecular formula is C11H18BrClN2S. The van der Waals surface area contributed by atoms with Crippen LogP contribution in [0, 0.1) is 0 Å². The fourth-order valence-electron chi connectivity index (χ4n) is 2.21. The van der Waals surface area contributed by atoms with Crippen molar-refractivity contribution in [1.29, 1.82) is 0 Å². The first-order chi connectivity index (χ1) is 7.15. The second-order valence-electron chi connectivity index (χ2n) is 4.35. The number of halogens is 2. The van der Waals surface area contributed by atoms with Crippen molar-refractivity contribution in [2.24, 2.45) is 0 Å². The minimum atomic E-state index is 0. The topological polar surface area (TPSA) is 15.3 Å². The average molecular weight is 326 g/mol. The maximum Gasteiger partial charge on any atom is 0.0340 e. The molecule has 0 radical (unpaired) electrons. The van der Waals surface area contributed by atoms with Gasteiger partial charge in [0.15, 0.2) is 0 Å². The summed E-state index contributed by atoms with van der Waals surface area (Å²) < 4.78 is 1.26. The molecule has 2 atom stereocenters. The fourth-order valence-corrected chi connectivity index (χ4v) is 3.73. The van der Waals surface area contributed by atoms with Crippen LogP contribution in [-0.4, -0.2) is 30.1 Å². The molecule has 1 aromatic rings. The molecule has 0 aromatic carbocycles. The molecule has 0 bridgehead atoms. The molecule has 0 amide bonds. The molecule has 0 spiro atoms. The highest BCUT2D eigenvalue weighted by atomic mass is 79.9. The van der Waals surface area contributed by atoms with Gasteiger partial charge in [-0.1, -0.05) is 0 Å². The Hall–Kier alpha value is 0.390. The van der Waals surface area contributed by atoms with E-state index in [2.05, 4.69) is 51.4 Å². The zero-order valence-corrected chi connectivity index (χ0v) is 12.8. The first kappa shape index (κ1) is 14.5. The van der Waals surface area contributed by atoms with Crippen LogP contribution in [0.4, 0.5) is 0 Å². The van der Waals surface area contributed by atoms with Crippen LogP contribution in [0.3, 0.4) is 0 Å². The lowest BCUT2D eigenvalue weighted by molar-refractivity contribution is 0.167. The summed E-state index contributed by atoms with van der Waals surface area (Å²) in [6.07, 6.45) is 0. The van der Waals surface area contributed by atoms with Crippen molar-refractivity contribution in [1.82, 2.24) is 10.2 Å². The highest BCUT2D eigenvalue weighted by Gasteiger charge is 2.21. The number of nitrogens with one attached hydrogen (secondary N) is 1. The predicted octanol–water partition coefficient (Wildman–Crippen LogP) is 3.11. The van der Waals surface area contributed by atoms with Crippen LogP contribution in [-0.2, 0) is 6.54 Å². The Kier molecular flexibility index (Phi) is 5.74. The van der Waals surface area contributed by atoms with E-state index in [1.807, 2.05) is 11.3 Å². The van der Waals surface area contributed by atoms with Crippen LogP contribution < -0.4 is 5.32 Å². The van der Waals surface area contributed by atoms with Crippen molar-refractivity contribution < 1.29 is 0 Å². The molecule has 2 rings (SSSR count). The Labute approximate surface area is 116 Å². The van der Waals surface area contributed by atoms with E-state index in [1.165, 1.54) is 9.35 Å². The van der Waals surface area contributed by atoms with Gasteiger partial charge in [-0.3, -0.25) is 4.90 Å². The van der Waals surface area contributed by atoms with Gasteiger partial charge < -0.3 is 5.32 Å². The van der Waals surface area contributed by atoms with E-state index in [9.17, 15) is 0 Å². The van der Waals surface area contributed by atoms with Crippen LogP contribution in [0.2, 0.25) is 0 Å². The lowest BCUT2D eigenvalue weighted by atomic mass is 10.1. The summed E-state index contributed by atoms with van der Waals surface area (Å²) in [5.74, 6) is 0. The molecule has 0 saturated carbocycles. The third-order valence-electron chi connectivity index (χ3n) is 2.69. The van der Waals surface area contributed by atoms with E-state index in [1.54, 1.807) is 0 Å². The van der Waals surface area contributed by atoms with Gasteiger partial charge in [0.2, 0.25) is 0 Å². The fraction of sp³-hybridized carbons (Fsp3) is 0.636.